The van der Waals surface area contributed by atoms with E-state index in [1.807, 2.05) is 25.3 Å². The molecule has 1 unspecified atom stereocenters. The second-order valence-electron chi connectivity index (χ2n) is 6.83. The summed E-state index contributed by atoms with van der Waals surface area (Å²) in [6.45, 7) is 3.83. The van der Waals surface area contributed by atoms with Gasteiger partial charge in [-0.3, -0.25) is 0 Å². The minimum atomic E-state index is -0.812. The molecule has 1 aliphatic rings. The van der Waals surface area contributed by atoms with Crippen molar-refractivity contribution in [2.45, 2.75) is 38.7 Å². The van der Waals surface area contributed by atoms with Gasteiger partial charge in [0.1, 0.15) is 22.7 Å². The summed E-state index contributed by atoms with van der Waals surface area (Å²) < 4.78 is 5.34. The van der Waals surface area contributed by atoms with Gasteiger partial charge in [-0.05, 0) is 44.4 Å². The van der Waals surface area contributed by atoms with Crippen LogP contribution in [0, 0.1) is 13.8 Å². The lowest BCUT2D eigenvalue weighted by Gasteiger charge is -2.11. The van der Waals surface area contributed by atoms with Crippen molar-refractivity contribution in [1.29, 1.82) is 0 Å². The summed E-state index contributed by atoms with van der Waals surface area (Å²) in [6, 6.07) is 4.05. The molecule has 0 amide bonds. The Morgan fingerprint density at radius 3 is 2.81 bits per heavy atom. The predicted molar refractivity (Wildman–Crippen MR) is 99.2 cm³/mol. The minimum Gasteiger partial charge on any atom is -0.381 e. The molecule has 7 heteroatoms. The van der Waals surface area contributed by atoms with Crippen molar-refractivity contribution in [2.75, 3.05) is 0 Å². The number of nitrogens with zero attached hydrogens (tertiary/aromatic N) is 3. The zero-order chi connectivity index (χ0) is 17.8. The van der Waals surface area contributed by atoms with Crippen molar-refractivity contribution < 1.29 is 9.63 Å². The Balaban J connectivity index is 1.75. The highest BCUT2D eigenvalue weighted by molar-refractivity contribution is 7.09. The molecule has 2 N–H and O–H groups in total. The van der Waals surface area contributed by atoms with E-state index in [1.54, 1.807) is 6.20 Å². The first-order chi connectivity index (χ1) is 12.6. The Kier molecular flexibility index (Phi) is 3.48. The molecular formula is C19H18N4O2S. The molecule has 1 aromatic carbocycles. The number of fused-ring (bicyclic) bond motifs is 1. The van der Waals surface area contributed by atoms with Gasteiger partial charge in [-0.1, -0.05) is 5.16 Å². The van der Waals surface area contributed by atoms with Gasteiger partial charge >= 0.3 is 0 Å². The number of benzene rings is 1. The van der Waals surface area contributed by atoms with Crippen molar-refractivity contribution in [3.8, 4) is 11.1 Å². The average molecular weight is 366 g/mol. The van der Waals surface area contributed by atoms with Crippen LogP contribution in [0.2, 0.25) is 0 Å². The fourth-order valence-corrected chi connectivity index (χ4v) is 4.10. The van der Waals surface area contributed by atoms with Gasteiger partial charge in [0.15, 0.2) is 0 Å². The third-order valence-electron chi connectivity index (χ3n) is 4.90. The number of nitrogens with one attached hydrogen (secondary N) is 1. The number of thiazole rings is 1. The molecule has 3 heterocycles. The van der Waals surface area contributed by atoms with Gasteiger partial charge in [-0.15, -0.1) is 11.3 Å². The summed E-state index contributed by atoms with van der Waals surface area (Å²) in [6.07, 6.45) is 3.23. The molecule has 26 heavy (non-hydrogen) atoms. The van der Waals surface area contributed by atoms with E-state index in [2.05, 4.69) is 21.2 Å². The van der Waals surface area contributed by atoms with Crippen LogP contribution in [0.5, 0.6) is 0 Å². The van der Waals surface area contributed by atoms with Gasteiger partial charge < -0.3 is 14.6 Å². The van der Waals surface area contributed by atoms with E-state index in [9.17, 15) is 5.11 Å². The summed E-state index contributed by atoms with van der Waals surface area (Å²) in [5, 5.41) is 17.6. The zero-order valence-electron chi connectivity index (χ0n) is 14.5. The number of aliphatic hydroxyl groups is 1. The molecular weight excluding hydrogens is 348 g/mol. The number of aromatic amines is 1. The highest BCUT2D eigenvalue weighted by Crippen LogP contribution is 2.41. The molecule has 4 aromatic rings. The van der Waals surface area contributed by atoms with E-state index in [0.29, 0.717) is 10.9 Å². The normalized spacial score (nSPS) is 15.7. The van der Waals surface area contributed by atoms with Crippen LogP contribution in [0.1, 0.15) is 52.7 Å². The molecule has 6 nitrogen and oxygen atoms in total. The van der Waals surface area contributed by atoms with Crippen LogP contribution in [-0.2, 0) is 0 Å². The molecule has 1 fully saturated rings. The smallest absolute Gasteiger partial charge is 0.141 e. The third-order valence-corrected chi connectivity index (χ3v) is 5.73. The van der Waals surface area contributed by atoms with Crippen molar-refractivity contribution in [2.24, 2.45) is 0 Å². The van der Waals surface area contributed by atoms with E-state index >= 15 is 0 Å². The second-order valence-corrected chi connectivity index (χ2v) is 7.76. The van der Waals surface area contributed by atoms with Crippen LogP contribution in [0.3, 0.4) is 0 Å². The lowest BCUT2D eigenvalue weighted by molar-refractivity contribution is 0.221. The molecule has 1 aliphatic carbocycles. The van der Waals surface area contributed by atoms with Crippen LogP contribution >= 0.6 is 11.3 Å². The number of rotatable bonds is 4. The summed E-state index contributed by atoms with van der Waals surface area (Å²) >= 11 is 1.44. The Labute approximate surface area is 153 Å². The third kappa shape index (κ3) is 2.47. The van der Waals surface area contributed by atoms with E-state index in [0.717, 1.165) is 45.0 Å². The number of H-pyrrole nitrogens is 1. The first-order valence-electron chi connectivity index (χ1n) is 8.66. The summed E-state index contributed by atoms with van der Waals surface area (Å²) in [7, 11) is 0. The maximum atomic E-state index is 11.0. The number of aromatic nitrogens is 4. The molecule has 0 spiro atoms. The summed E-state index contributed by atoms with van der Waals surface area (Å²) in [4.78, 5) is 12.5. The molecule has 0 saturated heterocycles. The molecule has 132 valence electrons. The second kappa shape index (κ2) is 5.75. The topological polar surface area (TPSA) is 87.8 Å². The highest BCUT2D eigenvalue weighted by Gasteiger charge is 2.29. The first kappa shape index (κ1) is 15.7. The lowest BCUT2D eigenvalue weighted by Crippen LogP contribution is -2.01. The maximum Gasteiger partial charge on any atom is 0.141 e. The van der Waals surface area contributed by atoms with Gasteiger partial charge in [-0.25, -0.2) is 9.97 Å². The van der Waals surface area contributed by atoms with Crippen molar-refractivity contribution in [3.63, 3.8) is 0 Å². The number of aliphatic hydroxyl groups excluding tert-OH is 1. The largest absolute Gasteiger partial charge is 0.381 e. The molecule has 0 aliphatic heterocycles. The lowest BCUT2D eigenvalue weighted by atomic mass is 9.98. The van der Waals surface area contributed by atoms with Gasteiger partial charge in [0.25, 0.3) is 0 Å². The molecule has 0 radical (unpaired) electrons. The van der Waals surface area contributed by atoms with Crippen LogP contribution in [-0.4, -0.2) is 25.2 Å². The molecule has 1 atom stereocenters. The van der Waals surface area contributed by atoms with Crippen LogP contribution in [0.25, 0.3) is 22.2 Å². The monoisotopic (exact) mass is 366 g/mol. The SMILES string of the molecule is Cc1noc(C)c1-c1cc(C(O)c2nccs2)c2nc(C3CC3)[nH]c2c1. The standard InChI is InChI=1S/C19H18N4O2S/c1-9-15(10(2)25-23-9)12-7-13(17(24)19-20-5-6-26-19)16-14(8-12)21-18(22-16)11-3-4-11/h5-8,11,17,24H,3-4H2,1-2H3,(H,21,22). The number of hydrogen-bond donors (Lipinski definition) is 2. The van der Waals surface area contributed by atoms with Gasteiger partial charge in [0.05, 0.1) is 16.7 Å². The Morgan fingerprint density at radius 1 is 1.31 bits per heavy atom. The Bertz CT molecular complexity index is 1070. The van der Waals surface area contributed by atoms with Crippen LogP contribution in [0.15, 0.2) is 28.2 Å². The van der Waals surface area contributed by atoms with Crippen LogP contribution in [0.4, 0.5) is 0 Å². The van der Waals surface area contributed by atoms with Crippen molar-refractivity contribution >= 4 is 22.4 Å². The van der Waals surface area contributed by atoms with E-state index in [-0.39, 0.29) is 0 Å². The Morgan fingerprint density at radius 2 is 2.15 bits per heavy atom. The van der Waals surface area contributed by atoms with E-state index < -0.39 is 6.10 Å². The first-order valence-corrected chi connectivity index (χ1v) is 9.54. The molecule has 3 aromatic heterocycles. The highest BCUT2D eigenvalue weighted by atomic mass is 32.1. The number of imidazole rings is 1. The number of aryl methyl sites for hydroxylation is 2. The Hall–Kier alpha value is -2.51. The molecule has 5 rings (SSSR count). The van der Waals surface area contributed by atoms with E-state index in [4.69, 9.17) is 9.51 Å². The van der Waals surface area contributed by atoms with Crippen molar-refractivity contribution in [1.82, 2.24) is 20.1 Å². The van der Waals surface area contributed by atoms with Gasteiger partial charge in [-0.2, -0.15) is 0 Å². The fraction of sp³-hybridized carbons (Fsp3) is 0.316. The van der Waals surface area contributed by atoms with E-state index in [1.165, 1.54) is 24.2 Å². The summed E-state index contributed by atoms with van der Waals surface area (Å²) in [5.74, 6) is 2.27. The summed E-state index contributed by atoms with van der Waals surface area (Å²) in [5.41, 5.74) is 5.25. The zero-order valence-corrected chi connectivity index (χ0v) is 15.3. The van der Waals surface area contributed by atoms with Crippen LogP contribution < -0.4 is 0 Å². The fourth-order valence-electron chi connectivity index (χ4n) is 3.46. The molecule has 0 bridgehead atoms. The number of hydrogen-bond acceptors (Lipinski definition) is 6. The molecule has 1 saturated carbocycles. The average Bonchev–Trinajstić information content (AvgIpc) is 3.04. The minimum absolute atomic E-state index is 0.509. The quantitative estimate of drug-likeness (QED) is 0.564. The van der Waals surface area contributed by atoms with Gasteiger partial charge in [0, 0.05) is 28.6 Å². The van der Waals surface area contributed by atoms with Crippen molar-refractivity contribution in [3.05, 3.63) is 51.6 Å². The predicted octanol–water partition coefficient (Wildman–Crippen LogP) is 4.25. The maximum absolute atomic E-state index is 11.0. The van der Waals surface area contributed by atoms with Gasteiger partial charge in [0.2, 0.25) is 0 Å².